The highest BCUT2D eigenvalue weighted by atomic mass is 127. The van der Waals surface area contributed by atoms with Gasteiger partial charge in [-0.1, -0.05) is 0 Å². The number of nitrogens with zero attached hydrogens (tertiary/aromatic N) is 4. The number of rotatable bonds is 7. The molecule has 1 aromatic heterocycles. The second kappa shape index (κ2) is 11.3. The molecule has 0 aliphatic carbocycles. The standard InChI is InChI=1S/C13H12IN5O4.C2HF3O2/c14-10-2-8(4-19(5-11(20)21)6-12(22)23)1-9(3-10)13-17-15-7-16-18-13;3-2(4,5)1(6)7/h1-3,7H,4-6H2,(H,20,21)(H,22,23);(H,6,7). The number of hydrogen-bond donors (Lipinski definition) is 3. The summed E-state index contributed by atoms with van der Waals surface area (Å²) in [6.45, 7) is -0.299. The molecule has 2 aromatic rings. The molecule has 0 amide bonds. The lowest BCUT2D eigenvalue weighted by atomic mass is 10.1. The van der Waals surface area contributed by atoms with Gasteiger partial charge in [-0.05, 0) is 40.8 Å². The fourth-order valence-electron chi connectivity index (χ4n) is 2.11. The molecule has 11 nitrogen and oxygen atoms in total. The first-order valence-electron chi connectivity index (χ1n) is 7.74. The van der Waals surface area contributed by atoms with Crippen LogP contribution in [0.1, 0.15) is 5.56 Å². The zero-order valence-corrected chi connectivity index (χ0v) is 16.9. The van der Waals surface area contributed by atoms with Crippen LogP contribution in [-0.2, 0) is 20.9 Å². The Morgan fingerprint density at radius 2 is 1.53 bits per heavy atom. The largest absolute Gasteiger partial charge is 0.542 e. The lowest BCUT2D eigenvalue weighted by Gasteiger charge is -2.16. The van der Waals surface area contributed by atoms with Crippen molar-refractivity contribution in [3.05, 3.63) is 33.7 Å². The van der Waals surface area contributed by atoms with E-state index in [0.717, 1.165) is 9.13 Å². The number of quaternary nitrogens is 1. The van der Waals surface area contributed by atoms with Gasteiger partial charge in [0.2, 0.25) is 5.82 Å². The van der Waals surface area contributed by atoms with Crippen LogP contribution in [0.15, 0.2) is 24.5 Å². The molecule has 0 fully saturated rings. The first-order chi connectivity index (χ1) is 13.9. The molecular weight excluding hydrogens is 530 g/mol. The van der Waals surface area contributed by atoms with Gasteiger partial charge in [0, 0.05) is 14.7 Å². The monoisotopic (exact) mass is 543 g/mol. The number of aliphatic carboxylic acids is 3. The van der Waals surface area contributed by atoms with E-state index in [1.807, 2.05) is 12.1 Å². The summed E-state index contributed by atoms with van der Waals surface area (Å²) >= 11 is 2.12. The molecule has 0 saturated heterocycles. The van der Waals surface area contributed by atoms with Crippen molar-refractivity contribution in [2.45, 2.75) is 12.7 Å². The molecule has 0 aliphatic rings. The molecule has 1 aromatic carbocycles. The number of nitrogens with one attached hydrogen (secondary N) is 1. The molecule has 1 heterocycles. The van der Waals surface area contributed by atoms with E-state index in [2.05, 4.69) is 43.0 Å². The molecule has 0 unspecified atom stereocenters. The SMILES string of the molecule is O=C(O)C[NH+](CC(=O)O)Cc1cc(I)cc(-c2nncnn2)c1.O=C([O-])C(F)(F)F. The van der Waals surface area contributed by atoms with E-state index in [0.29, 0.717) is 16.3 Å². The van der Waals surface area contributed by atoms with Gasteiger partial charge in [0.25, 0.3) is 0 Å². The van der Waals surface area contributed by atoms with Crippen molar-refractivity contribution in [3.63, 3.8) is 0 Å². The third kappa shape index (κ3) is 9.50. The van der Waals surface area contributed by atoms with E-state index in [9.17, 15) is 22.8 Å². The Hall–Kier alpha value is -2.95. The van der Waals surface area contributed by atoms with E-state index < -0.39 is 24.1 Å². The van der Waals surface area contributed by atoms with E-state index in [4.69, 9.17) is 20.1 Å². The Morgan fingerprint density at radius 3 is 1.97 bits per heavy atom. The summed E-state index contributed by atoms with van der Waals surface area (Å²) in [6, 6.07) is 5.49. The number of carboxylic acids is 3. The molecule has 0 bridgehead atoms. The van der Waals surface area contributed by atoms with Crippen LogP contribution in [0.4, 0.5) is 13.2 Å². The molecule has 0 atom stereocenters. The number of alkyl halides is 3. The number of carboxylic acid groups (broad SMARTS) is 3. The van der Waals surface area contributed by atoms with Gasteiger partial charge >= 0.3 is 18.1 Å². The van der Waals surface area contributed by atoms with Gasteiger partial charge in [-0.25, -0.2) is 9.59 Å². The lowest BCUT2D eigenvalue weighted by molar-refractivity contribution is -0.899. The van der Waals surface area contributed by atoms with Crippen LogP contribution in [0, 0.1) is 3.57 Å². The highest BCUT2D eigenvalue weighted by Crippen LogP contribution is 2.19. The summed E-state index contributed by atoms with van der Waals surface area (Å²) < 4.78 is 32.4. The summed E-state index contributed by atoms with van der Waals surface area (Å²) in [5, 5.41) is 41.7. The maximum Gasteiger partial charge on any atom is 0.430 e. The molecule has 30 heavy (non-hydrogen) atoms. The summed E-state index contributed by atoms with van der Waals surface area (Å²) in [5.41, 5.74) is 1.48. The number of carbonyl (C=O) groups is 3. The minimum absolute atomic E-state index is 0.260. The van der Waals surface area contributed by atoms with E-state index >= 15 is 0 Å². The first-order valence-corrected chi connectivity index (χ1v) is 8.82. The fraction of sp³-hybridized carbons (Fsp3) is 0.267. The van der Waals surface area contributed by atoms with E-state index in [-0.39, 0.29) is 19.6 Å². The van der Waals surface area contributed by atoms with Crippen molar-refractivity contribution >= 4 is 40.5 Å². The highest BCUT2D eigenvalue weighted by Gasteiger charge is 2.28. The second-order valence-corrected chi connectivity index (χ2v) is 6.82. The lowest BCUT2D eigenvalue weighted by Crippen LogP contribution is -3.12. The highest BCUT2D eigenvalue weighted by molar-refractivity contribution is 14.1. The molecular formula is C15H13F3IN5O6. The minimum atomic E-state index is -5.19. The van der Waals surface area contributed by atoms with Gasteiger partial charge in [0.1, 0.15) is 12.5 Å². The number of carbonyl (C=O) groups excluding carboxylic acids is 1. The van der Waals surface area contributed by atoms with Gasteiger partial charge < -0.3 is 25.0 Å². The zero-order chi connectivity index (χ0) is 22.9. The number of benzene rings is 1. The molecule has 0 radical (unpaired) electrons. The van der Waals surface area contributed by atoms with Crippen molar-refractivity contribution in [2.75, 3.05) is 13.1 Å². The maximum atomic E-state index is 10.9. The third-order valence-electron chi connectivity index (χ3n) is 3.11. The van der Waals surface area contributed by atoms with Crippen LogP contribution in [0.5, 0.6) is 0 Å². The van der Waals surface area contributed by atoms with Crippen molar-refractivity contribution in [1.82, 2.24) is 20.4 Å². The number of aromatic nitrogens is 4. The average molecular weight is 543 g/mol. The van der Waals surface area contributed by atoms with Crippen LogP contribution >= 0.6 is 22.6 Å². The summed E-state index contributed by atoms with van der Waals surface area (Å²) in [7, 11) is 0. The normalized spacial score (nSPS) is 10.8. The Bertz CT molecular complexity index is 884. The van der Waals surface area contributed by atoms with Crippen LogP contribution in [0.2, 0.25) is 0 Å². The van der Waals surface area contributed by atoms with Crippen LogP contribution in [0.25, 0.3) is 11.4 Å². The van der Waals surface area contributed by atoms with Crippen molar-refractivity contribution in [2.24, 2.45) is 0 Å². The van der Waals surface area contributed by atoms with Crippen molar-refractivity contribution < 1.29 is 47.8 Å². The van der Waals surface area contributed by atoms with Crippen molar-refractivity contribution in [3.8, 4) is 11.4 Å². The molecule has 162 valence electrons. The zero-order valence-electron chi connectivity index (χ0n) is 14.8. The third-order valence-corrected chi connectivity index (χ3v) is 3.73. The van der Waals surface area contributed by atoms with Gasteiger partial charge in [-0.3, -0.25) is 0 Å². The summed E-state index contributed by atoms with van der Waals surface area (Å²) in [4.78, 5) is 31.0. The molecule has 0 aliphatic heterocycles. The summed E-state index contributed by atoms with van der Waals surface area (Å²) in [6.07, 6.45) is -3.97. The number of halogens is 4. The Balaban J connectivity index is 0.000000553. The maximum absolute atomic E-state index is 10.9. The molecule has 2 rings (SSSR count). The second-order valence-electron chi connectivity index (χ2n) is 5.57. The Morgan fingerprint density at radius 1 is 1.03 bits per heavy atom. The average Bonchev–Trinajstić information content (AvgIpc) is 2.60. The van der Waals surface area contributed by atoms with E-state index in [1.165, 1.54) is 6.33 Å². The van der Waals surface area contributed by atoms with Crippen LogP contribution in [0.3, 0.4) is 0 Å². The van der Waals surface area contributed by atoms with Gasteiger partial charge in [-0.2, -0.15) is 13.2 Å². The van der Waals surface area contributed by atoms with Crippen LogP contribution < -0.4 is 10.0 Å². The van der Waals surface area contributed by atoms with Gasteiger partial charge in [0.05, 0.1) is 0 Å². The molecule has 0 spiro atoms. The van der Waals surface area contributed by atoms with Gasteiger partial charge in [-0.15, -0.1) is 20.4 Å². The van der Waals surface area contributed by atoms with Gasteiger partial charge in [0.15, 0.2) is 19.4 Å². The predicted octanol–water partition coefficient (Wildman–Crippen LogP) is -1.61. The fourth-order valence-corrected chi connectivity index (χ4v) is 2.84. The van der Waals surface area contributed by atoms with Crippen molar-refractivity contribution in [1.29, 1.82) is 0 Å². The molecule has 3 N–H and O–H groups in total. The van der Waals surface area contributed by atoms with E-state index in [1.54, 1.807) is 6.07 Å². The molecule has 0 saturated carbocycles. The Labute approximate surface area is 179 Å². The quantitative estimate of drug-likeness (QED) is 0.346. The summed E-state index contributed by atoms with van der Waals surface area (Å²) in [5.74, 6) is -4.75. The first kappa shape index (κ1) is 25.1. The topological polar surface area (TPSA) is 171 Å². The van der Waals surface area contributed by atoms with Crippen LogP contribution in [-0.4, -0.2) is 67.8 Å². The number of hydrogen-bond acceptors (Lipinski definition) is 8. The smallest absolute Gasteiger partial charge is 0.430 e. The molecule has 15 heteroatoms. The minimum Gasteiger partial charge on any atom is -0.542 e. The predicted molar refractivity (Wildman–Crippen MR) is 96.5 cm³/mol. The Kier molecular flexibility index (Phi) is 9.44.